The number of hydrogen-bond donors (Lipinski definition) is 4. The van der Waals surface area contributed by atoms with Gasteiger partial charge in [0.15, 0.2) is 0 Å². The van der Waals surface area contributed by atoms with Crippen molar-refractivity contribution in [2.45, 2.75) is 38.0 Å². The summed E-state index contributed by atoms with van der Waals surface area (Å²) < 4.78 is 5.58. The molecule has 0 radical (unpaired) electrons. The van der Waals surface area contributed by atoms with Crippen molar-refractivity contribution in [3.05, 3.63) is 0 Å². The summed E-state index contributed by atoms with van der Waals surface area (Å²) in [7, 11) is 0. The Labute approximate surface area is 117 Å². The first-order valence-corrected chi connectivity index (χ1v) is 6.47. The topological polar surface area (TPSA) is 119 Å². The molecular weight excluding hydrogens is 268 g/mol. The van der Waals surface area contributed by atoms with Crippen molar-refractivity contribution in [3.8, 4) is 0 Å². The van der Waals surface area contributed by atoms with E-state index in [1.165, 1.54) is 4.90 Å². The molecule has 8 heteroatoms. The van der Waals surface area contributed by atoms with Crippen LogP contribution in [0, 0.1) is 0 Å². The molecule has 1 fully saturated rings. The number of urea groups is 1. The third-order valence-electron chi connectivity index (χ3n) is 2.99. The van der Waals surface area contributed by atoms with Crippen molar-refractivity contribution >= 4 is 12.0 Å². The number of hydrogen-bond acceptors (Lipinski definition) is 5. The zero-order chi connectivity index (χ0) is 15.3. The van der Waals surface area contributed by atoms with Crippen LogP contribution in [0.1, 0.15) is 20.3 Å². The van der Waals surface area contributed by atoms with Gasteiger partial charge in [-0.05, 0) is 13.8 Å². The number of ether oxygens (including phenoxy) is 1. The predicted octanol–water partition coefficient (Wildman–Crippen LogP) is -0.997. The van der Waals surface area contributed by atoms with Crippen LogP contribution in [0.25, 0.3) is 0 Å². The van der Waals surface area contributed by atoms with Gasteiger partial charge in [-0.1, -0.05) is 0 Å². The minimum atomic E-state index is -1.20. The quantitative estimate of drug-likeness (QED) is 0.516. The Hall–Kier alpha value is -1.38. The first kappa shape index (κ1) is 16.7. The Morgan fingerprint density at radius 3 is 2.60 bits per heavy atom. The fraction of sp³-hybridized carbons (Fsp3) is 0.833. The molecule has 0 aliphatic carbocycles. The van der Waals surface area contributed by atoms with E-state index in [2.05, 4.69) is 5.32 Å². The van der Waals surface area contributed by atoms with Crippen LogP contribution >= 0.6 is 0 Å². The number of aliphatic hydroxyl groups excluding tert-OH is 2. The molecule has 0 spiro atoms. The molecule has 1 aliphatic rings. The van der Waals surface area contributed by atoms with E-state index in [-0.39, 0.29) is 26.2 Å². The van der Waals surface area contributed by atoms with E-state index >= 15 is 0 Å². The molecule has 1 rings (SSSR count). The van der Waals surface area contributed by atoms with Gasteiger partial charge >= 0.3 is 12.0 Å². The number of aliphatic carboxylic acids is 1. The highest BCUT2D eigenvalue weighted by Crippen LogP contribution is 2.20. The van der Waals surface area contributed by atoms with Crippen LogP contribution < -0.4 is 5.32 Å². The molecule has 1 saturated heterocycles. The number of aliphatic hydroxyl groups is 2. The molecule has 4 N–H and O–H groups in total. The average Bonchev–Trinajstić information content (AvgIpc) is 2.35. The summed E-state index contributed by atoms with van der Waals surface area (Å²) in [6.45, 7) is 3.52. The maximum atomic E-state index is 12.1. The third-order valence-corrected chi connectivity index (χ3v) is 2.99. The lowest BCUT2D eigenvalue weighted by molar-refractivity contribution is -0.141. The SMILES string of the molecule is CC1(C)CN(C(=O)NC(CCO)C(=O)O)CC(CO)O1. The van der Waals surface area contributed by atoms with E-state index in [1.54, 1.807) is 13.8 Å². The molecular formula is C12H22N2O6. The predicted molar refractivity (Wildman–Crippen MR) is 69.3 cm³/mol. The van der Waals surface area contributed by atoms with Crippen molar-refractivity contribution in [1.82, 2.24) is 10.2 Å². The van der Waals surface area contributed by atoms with Gasteiger partial charge in [0.1, 0.15) is 6.04 Å². The standard InChI is InChI=1S/C12H22N2O6/c1-12(2)7-14(5-8(6-16)20-12)11(19)13-9(3-4-15)10(17)18/h8-9,15-16H,3-7H2,1-2H3,(H,13,19)(H,17,18). The van der Waals surface area contributed by atoms with Crippen LogP contribution in [0.4, 0.5) is 4.79 Å². The summed E-state index contributed by atoms with van der Waals surface area (Å²) in [4.78, 5) is 24.4. The van der Waals surface area contributed by atoms with E-state index in [9.17, 15) is 9.59 Å². The van der Waals surface area contributed by atoms with E-state index < -0.39 is 29.7 Å². The monoisotopic (exact) mass is 290 g/mol. The van der Waals surface area contributed by atoms with E-state index in [0.717, 1.165) is 0 Å². The number of carboxylic acids is 1. The van der Waals surface area contributed by atoms with Gasteiger partial charge in [-0.15, -0.1) is 0 Å². The maximum absolute atomic E-state index is 12.1. The molecule has 0 saturated carbocycles. The van der Waals surface area contributed by atoms with Gasteiger partial charge in [0.25, 0.3) is 0 Å². The normalized spacial score (nSPS) is 23.2. The number of nitrogens with zero attached hydrogens (tertiary/aromatic N) is 1. The summed E-state index contributed by atoms with van der Waals surface area (Å²) in [5.41, 5.74) is -0.612. The second-order valence-corrected chi connectivity index (χ2v) is 5.42. The van der Waals surface area contributed by atoms with Crippen molar-refractivity contribution in [3.63, 3.8) is 0 Å². The third kappa shape index (κ3) is 4.62. The molecule has 20 heavy (non-hydrogen) atoms. The zero-order valence-electron chi connectivity index (χ0n) is 11.7. The van der Waals surface area contributed by atoms with Crippen LogP contribution in [0.3, 0.4) is 0 Å². The summed E-state index contributed by atoms with van der Waals surface area (Å²) >= 11 is 0. The number of carbonyl (C=O) groups excluding carboxylic acids is 1. The molecule has 0 aromatic carbocycles. The molecule has 0 bridgehead atoms. The van der Waals surface area contributed by atoms with E-state index in [4.69, 9.17) is 20.1 Å². The summed E-state index contributed by atoms with van der Waals surface area (Å²) in [6, 6.07) is -1.67. The van der Waals surface area contributed by atoms with Crippen molar-refractivity contribution in [1.29, 1.82) is 0 Å². The van der Waals surface area contributed by atoms with Crippen LogP contribution in [0.15, 0.2) is 0 Å². The van der Waals surface area contributed by atoms with Gasteiger partial charge in [0, 0.05) is 13.0 Å². The molecule has 1 heterocycles. The Balaban J connectivity index is 2.67. The van der Waals surface area contributed by atoms with Gasteiger partial charge in [-0.25, -0.2) is 9.59 Å². The van der Waals surface area contributed by atoms with Crippen LogP contribution in [0.5, 0.6) is 0 Å². The number of rotatable bonds is 5. The highest BCUT2D eigenvalue weighted by molar-refractivity contribution is 5.82. The summed E-state index contributed by atoms with van der Waals surface area (Å²) in [5, 5.41) is 29.3. The second kappa shape index (κ2) is 6.87. The molecule has 2 atom stereocenters. The largest absolute Gasteiger partial charge is 0.480 e. The van der Waals surface area contributed by atoms with Crippen LogP contribution in [0.2, 0.25) is 0 Å². The van der Waals surface area contributed by atoms with Crippen molar-refractivity contribution in [2.75, 3.05) is 26.3 Å². The lowest BCUT2D eigenvalue weighted by Crippen LogP contribution is -2.59. The van der Waals surface area contributed by atoms with Gasteiger partial charge < -0.3 is 30.3 Å². The Morgan fingerprint density at radius 2 is 2.10 bits per heavy atom. The summed E-state index contributed by atoms with van der Waals surface area (Å²) in [6.07, 6.45) is -0.552. The van der Waals surface area contributed by atoms with Crippen molar-refractivity contribution in [2.24, 2.45) is 0 Å². The highest BCUT2D eigenvalue weighted by atomic mass is 16.5. The van der Waals surface area contributed by atoms with Crippen LogP contribution in [-0.4, -0.2) is 76.3 Å². The van der Waals surface area contributed by atoms with E-state index in [1.807, 2.05) is 0 Å². The molecule has 2 amide bonds. The maximum Gasteiger partial charge on any atom is 0.326 e. The molecule has 1 aliphatic heterocycles. The Morgan fingerprint density at radius 1 is 1.45 bits per heavy atom. The molecule has 0 aromatic rings. The number of morpholine rings is 1. The highest BCUT2D eigenvalue weighted by Gasteiger charge is 2.36. The number of carbonyl (C=O) groups is 2. The average molecular weight is 290 g/mol. The molecule has 0 aromatic heterocycles. The van der Waals surface area contributed by atoms with Crippen LogP contribution in [-0.2, 0) is 9.53 Å². The number of carboxylic acid groups (broad SMARTS) is 1. The van der Waals surface area contributed by atoms with Gasteiger partial charge in [0.05, 0.1) is 31.4 Å². The zero-order valence-corrected chi connectivity index (χ0v) is 11.7. The Kier molecular flexibility index (Phi) is 5.73. The van der Waals surface area contributed by atoms with E-state index in [0.29, 0.717) is 6.54 Å². The molecule has 8 nitrogen and oxygen atoms in total. The minimum absolute atomic E-state index is 0.0573. The number of amides is 2. The van der Waals surface area contributed by atoms with Crippen molar-refractivity contribution < 1.29 is 29.6 Å². The fourth-order valence-electron chi connectivity index (χ4n) is 2.17. The summed E-state index contributed by atoms with van der Waals surface area (Å²) in [5.74, 6) is -1.20. The lowest BCUT2D eigenvalue weighted by Gasteiger charge is -2.42. The molecule has 116 valence electrons. The van der Waals surface area contributed by atoms with Gasteiger partial charge in [-0.2, -0.15) is 0 Å². The lowest BCUT2D eigenvalue weighted by atomic mass is 10.1. The first-order valence-electron chi connectivity index (χ1n) is 6.47. The fourth-order valence-corrected chi connectivity index (χ4v) is 2.17. The smallest absolute Gasteiger partial charge is 0.326 e. The minimum Gasteiger partial charge on any atom is -0.480 e. The number of nitrogens with one attached hydrogen (secondary N) is 1. The Bertz CT molecular complexity index is 360. The van der Waals surface area contributed by atoms with Gasteiger partial charge in [-0.3, -0.25) is 0 Å². The second-order valence-electron chi connectivity index (χ2n) is 5.42. The van der Waals surface area contributed by atoms with Gasteiger partial charge in [0.2, 0.25) is 0 Å². The first-order chi connectivity index (χ1) is 9.29. The molecule has 2 unspecified atom stereocenters.